The number of benzene rings is 4. The Morgan fingerprint density at radius 3 is 0.677 bits per heavy atom. The zero-order chi connectivity index (χ0) is 67.1. The highest BCUT2D eigenvalue weighted by Crippen LogP contribution is 2.39. The monoisotopic (exact) mass is 1310 g/mol. The molecule has 7 aromatic rings. The molecule has 4 amide bonds. The van der Waals surface area contributed by atoms with Crippen LogP contribution in [0.4, 0.5) is 0 Å². The van der Waals surface area contributed by atoms with Crippen molar-refractivity contribution in [3.05, 3.63) is 166 Å². The molecule has 0 fully saturated rings. The standard InChI is InChI=1S/C72H86N12O12/c73-25-33-89-41-45-93-37-29-77-69(85)53-9-1-49(2-10-53)65-57-17-19-59(81-57)66(50-3-11-54(12-4-50)70(86)78-30-38-94-46-42-90-34-26-74)61-21-23-63(83-61)68(52-7-15-56(16-8-52)72(88)80-32-40-96-48-44-92-36-28-76)64-24-22-62(84-64)67(60-20-18-58(65)82-60)51-5-13-55(14-6-51)71(87)79-31-39-95-47-43-91-35-27-75/h1-24,81,84H,25-48,73-76H2,(H,77,85)(H,78,86)(H,79,87)(H,80,88). The first-order valence-electron chi connectivity index (χ1n) is 32.3. The van der Waals surface area contributed by atoms with Crippen molar-refractivity contribution in [3.63, 3.8) is 0 Å². The molecule has 0 radical (unpaired) electrons. The number of nitrogens with zero attached hydrogens (tertiary/aromatic N) is 2. The molecule has 0 aliphatic carbocycles. The van der Waals surface area contributed by atoms with Crippen molar-refractivity contribution in [1.29, 1.82) is 0 Å². The number of ether oxygens (including phenoxy) is 8. The van der Waals surface area contributed by atoms with Gasteiger partial charge in [0.2, 0.25) is 0 Å². The molecular formula is C72H86N12O12. The molecule has 8 bridgehead atoms. The van der Waals surface area contributed by atoms with E-state index in [2.05, 4.69) is 31.2 Å². The third kappa shape index (κ3) is 20.5. The minimum absolute atomic E-state index is 0.261. The van der Waals surface area contributed by atoms with Gasteiger partial charge in [-0.05, 0) is 119 Å². The van der Waals surface area contributed by atoms with Gasteiger partial charge in [-0.25, -0.2) is 9.97 Å². The van der Waals surface area contributed by atoms with Gasteiger partial charge in [0, 0.05) is 119 Å². The summed E-state index contributed by atoms with van der Waals surface area (Å²) in [7, 11) is 0. The molecule has 2 aliphatic heterocycles. The van der Waals surface area contributed by atoms with E-state index in [1.54, 1.807) is 48.5 Å². The van der Waals surface area contributed by atoms with E-state index in [1.165, 1.54) is 0 Å². The average molecular weight is 1310 g/mol. The van der Waals surface area contributed by atoms with E-state index in [1.807, 2.05) is 97.1 Å². The van der Waals surface area contributed by atoms with Crippen molar-refractivity contribution >= 4 is 70.0 Å². The van der Waals surface area contributed by atoms with E-state index in [0.717, 1.165) is 44.5 Å². The van der Waals surface area contributed by atoms with Crippen molar-refractivity contribution in [2.45, 2.75) is 0 Å². The smallest absolute Gasteiger partial charge is 0.251 e. The first-order chi connectivity index (χ1) is 47.2. The number of hydrogen-bond acceptors (Lipinski definition) is 18. The quantitative estimate of drug-likeness (QED) is 0.0191. The highest BCUT2D eigenvalue weighted by Gasteiger charge is 2.21. The predicted octanol–water partition coefficient (Wildman–Crippen LogP) is 6.21. The summed E-state index contributed by atoms with van der Waals surface area (Å²) in [6, 6.07) is 37.4. The van der Waals surface area contributed by atoms with Crippen LogP contribution in [0.25, 0.3) is 90.9 Å². The number of rotatable bonds is 40. The summed E-state index contributed by atoms with van der Waals surface area (Å²) in [6.07, 6.45) is 7.87. The van der Waals surface area contributed by atoms with E-state index in [4.69, 9.17) is 70.8 Å². The largest absolute Gasteiger partial charge is 0.378 e. The van der Waals surface area contributed by atoms with Gasteiger partial charge in [0.05, 0.1) is 128 Å². The zero-order valence-electron chi connectivity index (χ0n) is 53.9. The van der Waals surface area contributed by atoms with Gasteiger partial charge < -0.3 is 92.1 Å². The first-order valence-corrected chi connectivity index (χ1v) is 32.3. The summed E-state index contributed by atoms with van der Waals surface area (Å²) < 4.78 is 44.1. The van der Waals surface area contributed by atoms with Gasteiger partial charge in [-0.15, -0.1) is 0 Å². The topological polar surface area (TPSA) is 352 Å². The highest BCUT2D eigenvalue weighted by molar-refractivity contribution is 6.02. The van der Waals surface area contributed by atoms with Crippen molar-refractivity contribution in [1.82, 2.24) is 41.2 Å². The molecule has 3 aromatic heterocycles. The van der Waals surface area contributed by atoms with Gasteiger partial charge in [0.1, 0.15) is 0 Å². The SMILES string of the molecule is NCCOCCOCCNC(=O)c1ccc(-c2c3nc(c(-c4ccc(C(=O)NCCOCCOCCN)cc4)c4ccc([nH]4)c(-c4ccc(C(=O)NCCOCCOCCN)cc4)c4nc(c(-c5ccc(C(=O)NCCOCCOCCN)cc5)c5ccc2[nH]5)C=C4)C=C3)cc1. The number of nitrogens with one attached hydrogen (secondary N) is 6. The molecule has 24 nitrogen and oxygen atoms in total. The molecule has 96 heavy (non-hydrogen) atoms. The van der Waals surface area contributed by atoms with Crippen LogP contribution in [0.5, 0.6) is 0 Å². The minimum atomic E-state index is -0.261. The number of nitrogens with two attached hydrogens (primary N) is 4. The number of fused-ring (bicyclic) bond motifs is 8. The number of carbonyl (C=O) groups is 4. The lowest BCUT2D eigenvalue weighted by Gasteiger charge is -2.10. The van der Waals surface area contributed by atoms with E-state index in [-0.39, 0.29) is 23.6 Å². The van der Waals surface area contributed by atoms with Gasteiger partial charge >= 0.3 is 0 Å². The zero-order valence-corrected chi connectivity index (χ0v) is 53.9. The Morgan fingerprint density at radius 1 is 0.281 bits per heavy atom. The molecule has 2 aliphatic rings. The maximum atomic E-state index is 13.5. The highest BCUT2D eigenvalue weighted by atomic mass is 16.5. The van der Waals surface area contributed by atoms with Crippen LogP contribution in [0.1, 0.15) is 64.2 Å². The number of hydrogen-bond donors (Lipinski definition) is 10. The molecule has 24 heteroatoms. The Hall–Kier alpha value is -9.12. The van der Waals surface area contributed by atoms with Crippen LogP contribution in [0.15, 0.2) is 121 Å². The predicted molar refractivity (Wildman–Crippen MR) is 373 cm³/mol. The van der Waals surface area contributed by atoms with Crippen molar-refractivity contribution in [2.24, 2.45) is 22.9 Å². The van der Waals surface area contributed by atoms with E-state index in [9.17, 15) is 19.2 Å². The summed E-state index contributed by atoms with van der Waals surface area (Å²) in [4.78, 5) is 72.5. The summed E-state index contributed by atoms with van der Waals surface area (Å²) >= 11 is 0. The summed E-state index contributed by atoms with van der Waals surface area (Å²) in [5.74, 6) is -1.04. The van der Waals surface area contributed by atoms with E-state index < -0.39 is 0 Å². The normalized spacial score (nSPS) is 11.7. The maximum Gasteiger partial charge on any atom is 0.251 e. The third-order valence-corrected chi connectivity index (χ3v) is 15.2. The Morgan fingerprint density at radius 2 is 0.479 bits per heavy atom. The van der Waals surface area contributed by atoms with Crippen LogP contribution >= 0.6 is 0 Å². The molecule has 14 N–H and O–H groups in total. The summed E-state index contributed by atoms with van der Waals surface area (Å²) in [5, 5.41) is 11.8. The summed E-state index contributed by atoms with van der Waals surface area (Å²) in [6.45, 7) is 9.13. The molecule has 9 rings (SSSR count). The molecule has 0 unspecified atom stereocenters. The molecule has 0 saturated carbocycles. The number of amides is 4. The Labute approximate surface area is 557 Å². The molecule has 4 aromatic carbocycles. The third-order valence-electron chi connectivity index (χ3n) is 15.2. The molecule has 506 valence electrons. The Kier molecular flexibility index (Phi) is 28.5. The number of carbonyl (C=O) groups excluding carboxylic acids is 4. The molecule has 0 saturated heterocycles. The van der Waals surface area contributed by atoms with Gasteiger partial charge in [0.15, 0.2) is 0 Å². The van der Waals surface area contributed by atoms with Crippen LogP contribution in [0.3, 0.4) is 0 Å². The first kappa shape index (κ1) is 71.2. The number of aromatic nitrogens is 4. The van der Waals surface area contributed by atoms with Gasteiger partial charge in [0.25, 0.3) is 23.6 Å². The van der Waals surface area contributed by atoms with Crippen LogP contribution < -0.4 is 44.2 Å². The van der Waals surface area contributed by atoms with Gasteiger partial charge in [-0.3, -0.25) is 19.2 Å². The van der Waals surface area contributed by atoms with E-state index in [0.29, 0.717) is 225 Å². The lowest BCUT2D eigenvalue weighted by molar-refractivity contribution is 0.0511. The number of aromatic amines is 2. The second kappa shape index (κ2) is 38.4. The summed E-state index contributed by atoms with van der Waals surface area (Å²) in [5.41, 5.74) is 35.2. The molecule has 0 atom stereocenters. The number of H-pyrrole nitrogens is 2. The maximum absolute atomic E-state index is 13.5. The second-order valence-electron chi connectivity index (χ2n) is 21.9. The van der Waals surface area contributed by atoms with Crippen LogP contribution in [0, 0.1) is 0 Å². The minimum Gasteiger partial charge on any atom is -0.378 e. The van der Waals surface area contributed by atoms with Gasteiger partial charge in [-0.2, -0.15) is 0 Å². The Bertz CT molecular complexity index is 3400. The fourth-order valence-electron chi connectivity index (χ4n) is 10.5. The van der Waals surface area contributed by atoms with Crippen molar-refractivity contribution in [3.8, 4) is 44.5 Å². The van der Waals surface area contributed by atoms with E-state index >= 15 is 0 Å². The Balaban J connectivity index is 1.14. The molecular weight excluding hydrogens is 1220 g/mol. The fraction of sp³-hybridized carbons (Fsp3) is 0.333. The van der Waals surface area contributed by atoms with Crippen molar-refractivity contribution < 1.29 is 57.1 Å². The van der Waals surface area contributed by atoms with Crippen LogP contribution in [-0.4, -0.2) is 202 Å². The molecule has 0 spiro atoms. The van der Waals surface area contributed by atoms with Crippen LogP contribution in [-0.2, 0) is 37.9 Å². The lowest BCUT2D eigenvalue weighted by Crippen LogP contribution is -2.27. The second-order valence-corrected chi connectivity index (χ2v) is 21.9. The average Bonchev–Trinajstić information content (AvgIpc) is 1.63. The lowest BCUT2D eigenvalue weighted by atomic mass is 10.0. The molecule has 5 heterocycles. The fourth-order valence-corrected chi connectivity index (χ4v) is 10.5. The van der Waals surface area contributed by atoms with Crippen molar-refractivity contribution in [2.75, 3.05) is 158 Å². The van der Waals surface area contributed by atoms with Crippen LogP contribution in [0.2, 0.25) is 0 Å². The van der Waals surface area contributed by atoms with Gasteiger partial charge in [-0.1, -0.05) is 48.5 Å².